The van der Waals surface area contributed by atoms with Gasteiger partial charge in [-0.3, -0.25) is 14.4 Å². The van der Waals surface area contributed by atoms with E-state index < -0.39 is 29.9 Å². The van der Waals surface area contributed by atoms with Crippen LogP contribution < -0.4 is 10.1 Å². The second-order valence-electron chi connectivity index (χ2n) is 9.88. The van der Waals surface area contributed by atoms with Gasteiger partial charge in [-0.25, -0.2) is 9.78 Å². The molecule has 0 spiro atoms. The molecule has 3 rings (SSSR count). The molecule has 41 heavy (non-hydrogen) atoms. The van der Waals surface area contributed by atoms with E-state index in [-0.39, 0.29) is 44.7 Å². The average Bonchev–Trinajstić information content (AvgIpc) is 3.00. The zero-order valence-electron chi connectivity index (χ0n) is 23.8. The Labute approximate surface area is 240 Å². The molecule has 1 aromatic heterocycles. The van der Waals surface area contributed by atoms with Crippen LogP contribution in [0.25, 0.3) is 11.3 Å². The Morgan fingerprint density at radius 2 is 1.66 bits per heavy atom. The Kier molecular flexibility index (Phi) is 12.4. The summed E-state index contributed by atoms with van der Waals surface area (Å²) in [4.78, 5) is 58.1. The third kappa shape index (κ3) is 9.77. The van der Waals surface area contributed by atoms with Crippen molar-refractivity contribution in [1.82, 2.24) is 20.1 Å². The summed E-state index contributed by atoms with van der Waals surface area (Å²) in [5.74, 6) is -1.62. The molecule has 2 aromatic rings. The maximum absolute atomic E-state index is 13.4. The number of nitrogens with zero attached hydrogens (tertiary/aromatic N) is 3. The number of rotatable bonds is 14. The molecule has 0 aliphatic carbocycles. The molecule has 3 amide bonds. The summed E-state index contributed by atoms with van der Waals surface area (Å²) < 4.78 is 11.1. The van der Waals surface area contributed by atoms with Crippen LogP contribution in [0.3, 0.4) is 0 Å². The van der Waals surface area contributed by atoms with E-state index >= 15 is 0 Å². The first-order valence-electron chi connectivity index (χ1n) is 14.3. The first-order valence-corrected chi connectivity index (χ1v) is 14.3. The number of carbonyl (C=O) groups is 4. The summed E-state index contributed by atoms with van der Waals surface area (Å²) >= 11 is 0. The number of carboxylic acid groups (broad SMARTS) is 1. The Morgan fingerprint density at radius 1 is 0.951 bits per heavy atom. The number of hydrogen-bond acceptors (Lipinski definition) is 7. The highest BCUT2D eigenvalue weighted by molar-refractivity contribution is 5.97. The third-order valence-electron chi connectivity index (χ3n) is 6.65. The van der Waals surface area contributed by atoms with Crippen LogP contribution in [0, 0.1) is 0 Å². The average molecular weight is 569 g/mol. The second kappa shape index (κ2) is 16.2. The largest absolute Gasteiger partial charge is 0.493 e. The summed E-state index contributed by atoms with van der Waals surface area (Å²) in [6.45, 7) is 5.94. The highest BCUT2D eigenvalue weighted by Crippen LogP contribution is 2.24. The van der Waals surface area contributed by atoms with Crippen molar-refractivity contribution in [3.8, 4) is 17.0 Å². The van der Waals surface area contributed by atoms with Crippen molar-refractivity contribution in [1.29, 1.82) is 0 Å². The summed E-state index contributed by atoms with van der Waals surface area (Å²) in [7, 11) is 0. The van der Waals surface area contributed by atoms with Gasteiger partial charge in [-0.2, -0.15) is 0 Å². The fourth-order valence-electron chi connectivity index (χ4n) is 4.37. The molecule has 1 aliphatic heterocycles. The maximum atomic E-state index is 13.4. The minimum atomic E-state index is -1.08. The van der Waals surface area contributed by atoms with E-state index in [4.69, 9.17) is 9.47 Å². The molecule has 1 aromatic carbocycles. The third-order valence-corrected chi connectivity index (χ3v) is 6.65. The Balaban J connectivity index is 1.71. The highest BCUT2D eigenvalue weighted by atomic mass is 16.6. The number of nitrogens with one attached hydrogen (secondary N) is 1. The number of aliphatic carboxylic acids is 1. The quantitative estimate of drug-likeness (QED) is 0.327. The smallest absolute Gasteiger partial charge is 0.409 e. The fourth-order valence-corrected chi connectivity index (χ4v) is 4.37. The number of piperazine rings is 1. The number of hydrogen-bond donors (Lipinski definition) is 2. The molecule has 1 aliphatic rings. The number of aromatic nitrogens is 1. The van der Waals surface area contributed by atoms with Crippen LogP contribution in [0.4, 0.5) is 4.79 Å². The van der Waals surface area contributed by atoms with Gasteiger partial charge in [0.1, 0.15) is 17.5 Å². The number of carbonyl (C=O) groups excluding carboxylic acids is 3. The predicted octanol–water partition coefficient (Wildman–Crippen LogP) is 3.97. The summed E-state index contributed by atoms with van der Waals surface area (Å²) in [6.07, 6.45) is 2.80. The molecule has 1 atom stereocenters. The number of amides is 3. The molecule has 0 bridgehead atoms. The molecule has 1 fully saturated rings. The molecule has 0 unspecified atom stereocenters. The van der Waals surface area contributed by atoms with Crippen LogP contribution in [0.15, 0.2) is 42.5 Å². The van der Waals surface area contributed by atoms with Gasteiger partial charge in [-0.15, -0.1) is 0 Å². The van der Waals surface area contributed by atoms with Crippen molar-refractivity contribution >= 4 is 23.9 Å². The van der Waals surface area contributed by atoms with Crippen molar-refractivity contribution < 1.29 is 33.8 Å². The lowest BCUT2D eigenvalue weighted by Gasteiger charge is -2.36. The Morgan fingerprint density at radius 3 is 2.32 bits per heavy atom. The molecule has 11 heteroatoms. The summed E-state index contributed by atoms with van der Waals surface area (Å²) in [5, 5.41) is 12.0. The second-order valence-corrected chi connectivity index (χ2v) is 9.88. The number of unbranched alkanes of at least 4 members (excludes halogenated alkanes) is 2. The monoisotopic (exact) mass is 568 g/mol. The van der Waals surface area contributed by atoms with Gasteiger partial charge in [0.25, 0.3) is 5.91 Å². The Hall–Kier alpha value is -4.15. The molecule has 2 N–H and O–H groups in total. The van der Waals surface area contributed by atoms with Gasteiger partial charge in [0.15, 0.2) is 0 Å². The molecule has 0 saturated carbocycles. The van der Waals surface area contributed by atoms with E-state index in [0.29, 0.717) is 24.7 Å². The first-order chi connectivity index (χ1) is 19.8. The van der Waals surface area contributed by atoms with Crippen LogP contribution in [0.1, 0.15) is 62.9 Å². The predicted molar refractivity (Wildman–Crippen MR) is 153 cm³/mol. The zero-order chi connectivity index (χ0) is 29.6. The summed E-state index contributed by atoms with van der Waals surface area (Å²) in [6, 6.07) is 11.5. The van der Waals surface area contributed by atoms with Gasteiger partial charge >= 0.3 is 12.1 Å². The van der Waals surface area contributed by atoms with E-state index in [2.05, 4.69) is 17.2 Å². The lowest BCUT2D eigenvalue weighted by atomic mass is 10.1. The van der Waals surface area contributed by atoms with Crippen LogP contribution >= 0.6 is 0 Å². The minimum absolute atomic E-state index is 0.0567. The Bertz CT molecular complexity index is 1170. The standard InChI is InChI=1S/C30H40N4O7/c1-3-5-9-19-41-30(39)34-16-14-33(15-17-34)29(38)24(12-13-27(35)36)32-28(37)26-21-23(40-18-4-2)20-25(31-26)22-10-7-6-8-11-22/h6-8,10-11,20-21,24H,3-5,9,12-19H2,1-2H3,(H,32,37)(H,35,36)/t24-/m0/s1. The molecule has 1 saturated heterocycles. The van der Waals surface area contributed by atoms with Crippen molar-refractivity contribution in [2.24, 2.45) is 0 Å². The van der Waals surface area contributed by atoms with Gasteiger partial charge in [0.2, 0.25) is 5.91 Å². The fraction of sp³-hybridized carbons (Fsp3) is 0.500. The molecule has 2 heterocycles. The van der Waals surface area contributed by atoms with Crippen LogP contribution in [-0.4, -0.2) is 89.2 Å². The van der Waals surface area contributed by atoms with Crippen LogP contribution in [0.2, 0.25) is 0 Å². The molecular weight excluding hydrogens is 528 g/mol. The zero-order valence-corrected chi connectivity index (χ0v) is 23.8. The van der Waals surface area contributed by atoms with E-state index in [1.807, 2.05) is 37.3 Å². The summed E-state index contributed by atoms with van der Waals surface area (Å²) in [5.41, 5.74) is 1.39. The van der Waals surface area contributed by atoms with Crippen molar-refractivity contribution in [2.45, 2.75) is 58.4 Å². The van der Waals surface area contributed by atoms with E-state index in [1.54, 1.807) is 11.0 Å². The first kappa shape index (κ1) is 31.4. The highest BCUT2D eigenvalue weighted by Gasteiger charge is 2.31. The van der Waals surface area contributed by atoms with Gasteiger partial charge in [0, 0.05) is 50.3 Å². The number of pyridine rings is 1. The normalized spacial score (nSPS) is 13.8. The lowest BCUT2D eigenvalue weighted by Crippen LogP contribution is -2.56. The molecule has 11 nitrogen and oxygen atoms in total. The molecule has 0 radical (unpaired) electrons. The van der Waals surface area contributed by atoms with Gasteiger partial charge in [-0.1, -0.05) is 57.0 Å². The number of ether oxygens (including phenoxy) is 2. The lowest BCUT2D eigenvalue weighted by molar-refractivity contribution is -0.138. The number of benzene rings is 1. The van der Waals surface area contributed by atoms with Crippen LogP contribution in [0.5, 0.6) is 5.75 Å². The topological polar surface area (TPSA) is 138 Å². The maximum Gasteiger partial charge on any atom is 0.409 e. The van der Waals surface area contributed by atoms with Crippen LogP contribution in [-0.2, 0) is 14.3 Å². The molecular formula is C30H40N4O7. The SMILES string of the molecule is CCCCCOC(=O)N1CCN(C(=O)[C@H](CCC(=O)O)NC(=O)c2cc(OCCC)cc(-c3ccccc3)n2)CC1. The van der Waals surface area contributed by atoms with Gasteiger partial charge in [0.05, 0.1) is 18.9 Å². The van der Waals surface area contributed by atoms with Gasteiger partial charge < -0.3 is 29.7 Å². The van der Waals surface area contributed by atoms with E-state index in [1.165, 1.54) is 11.0 Å². The van der Waals surface area contributed by atoms with E-state index in [9.17, 15) is 24.3 Å². The van der Waals surface area contributed by atoms with Crippen molar-refractivity contribution in [2.75, 3.05) is 39.4 Å². The van der Waals surface area contributed by atoms with Crippen molar-refractivity contribution in [3.63, 3.8) is 0 Å². The van der Waals surface area contributed by atoms with E-state index in [0.717, 1.165) is 31.2 Å². The molecule has 222 valence electrons. The van der Waals surface area contributed by atoms with Crippen molar-refractivity contribution in [3.05, 3.63) is 48.2 Å². The van der Waals surface area contributed by atoms with Gasteiger partial charge in [-0.05, 0) is 19.3 Å². The number of carboxylic acids is 1. The minimum Gasteiger partial charge on any atom is -0.493 e.